The van der Waals surface area contributed by atoms with Gasteiger partial charge in [-0.2, -0.15) is 0 Å². The molecule has 1 fully saturated rings. The van der Waals surface area contributed by atoms with Crippen LogP contribution in [0, 0.1) is 0 Å². The second kappa shape index (κ2) is 12.1. The number of aliphatic hydroxyl groups excluding tert-OH is 1. The lowest BCUT2D eigenvalue weighted by Crippen LogP contribution is -2.54. The SMILES string of the molecule is COc1ccc(C(OC[C@]2(CO)COC[C@H](n3ccc(=O)[nH]c3=O)O2)(c2ccccc2)c2ccc(OC)cc2)cc1. The van der Waals surface area contributed by atoms with E-state index >= 15 is 0 Å². The molecule has 0 bridgehead atoms. The van der Waals surface area contributed by atoms with E-state index in [1.165, 1.54) is 16.8 Å². The Hall–Kier alpha value is -4.22. The summed E-state index contributed by atoms with van der Waals surface area (Å²) in [6, 6.07) is 26.1. The van der Waals surface area contributed by atoms with E-state index in [4.69, 9.17) is 23.7 Å². The zero-order chi connectivity index (χ0) is 28.9. The molecule has 4 aromatic rings. The van der Waals surface area contributed by atoms with Gasteiger partial charge in [0, 0.05) is 12.3 Å². The quantitative estimate of drug-likeness (QED) is 0.284. The molecule has 10 nitrogen and oxygen atoms in total. The van der Waals surface area contributed by atoms with Gasteiger partial charge in [0.05, 0.1) is 40.6 Å². The van der Waals surface area contributed by atoms with Crippen molar-refractivity contribution in [2.45, 2.75) is 17.4 Å². The summed E-state index contributed by atoms with van der Waals surface area (Å²) in [6.45, 7) is -0.481. The second-order valence-electron chi connectivity index (χ2n) is 9.74. The van der Waals surface area contributed by atoms with Crippen LogP contribution in [0.3, 0.4) is 0 Å². The van der Waals surface area contributed by atoms with Crippen molar-refractivity contribution in [3.05, 3.63) is 129 Å². The highest BCUT2D eigenvalue weighted by Gasteiger charge is 2.45. The van der Waals surface area contributed by atoms with Crippen LogP contribution in [0.5, 0.6) is 11.5 Å². The van der Waals surface area contributed by atoms with E-state index in [1.807, 2.05) is 78.9 Å². The van der Waals surface area contributed by atoms with Gasteiger partial charge in [0.1, 0.15) is 22.7 Å². The minimum atomic E-state index is -1.32. The van der Waals surface area contributed by atoms with Gasteiger partial charge in [0.25, 0.3) is 5.56 Å². The molecule has 1 aromatic heterocycles. The summed E-state index contributed by atoms with van der Waals surface area (Å²) in [7, 11) is 3.21. The Morgan fingerprint density at radius 2 is 1.49 bits per heavy atom. The highest BCUT2D eigenvalue weighted by atomic mass is 16.6. The molecule has 2 atom stereocenters. The third-order valence-electron chi connectivity index (χ3n) is 7.19. The molecule has 0 unspecified atom stereocenters. The molecule has 41 heavy (non-hydrogen) atoms. The first kappa shape index (κ1) is 28.3. The van der Waals surface area contributed by atoms with Crippen molar-refractivity contribution >= 4 is 0 Å². The molecular formula is C31H32N2O8. The number of aromatic amines is 1. The van der Waals surface area contributed by atoms with Crippen molar-refractivity contribution < 1.29 is 28.8 Å². The highest BCUT2D eigenvalue weighted by Crippen LogP contribution is 2.43. The standard InChI is InChI=1S/C31H32N2O8/c1-37-25-12-8-23(9-13-25)31(22-6-4-3-5-7-22,24-10-14-26(38-2)15-11-24)40-21-30(19-34)20-39-18-28(41-30)33-17-16-27(35)32-29(33)36/h3-17,28,34H,18-21H2,1-2H3,(H,32,35,36)/t28-,30+/m1/s1. The lowest BCUT2D eigenvalue weighted by molar-refractivity contribution is -0.261. The second-order valence-corrected chi connectivity index (χ2v) is 9.74. The number of nitrogens with one attached hydrogen (secondary N) is 1. The number of ether oxygens (including phenoxy) is 5. The van der Waals surface area contributed by atoms with Crippen LogP contribution in [-0.2, 0) is 19.8 Å². The molecule has 0 aliphatic carbocycles. The maximum Gasteiger partial charge on any atom is 0.330 e. The first-order valence-corrected chi connectivity index (χ1v) is 13.1. The fraction of sp³-hybridized carbons (Fsp3) is 0.290. The molecule has 5 rings (SSSR count). The molecule has 2 N–H and O–H groups in total. The van der Waals surface area contributed by atoms with Gasteiger partial charge in [-0.25, -0.2) is 4.79 Å². The first-order chi connectivity index (χ1) is 19.9. The predicted molar refractivity (Wildman–Crippen MR) is 150 cm³/mol. The van der Waals surface area contributed by atoms with Crippen molar-refractivity contribution in [2.75, 3.05) is 40.6 Å². The largest absolute Gasteiger partial charge is 0.497 e. The maximum atomic E-state index is 12.5. The zero-order valence-corrected chi connectivity index (χ0v) is 22.8. The van der Waals surface area contributed by atoms with Crippen LogP contribution in [0.1, 0.15) is 22.9 Å². The van der Waals surface area contributed by atoms with Crippen LogP contribution in [0.25, 0.3) is 0 Å². The van der Waals surface area contributed by atoms with Crippen LogP contribution in [0.4, 0.5) is 0 Å². The van der Waals surface area contributed by atoms with Gasteiger partial charge in [-0.3, -0.25) is 14.3 Å². The minimum Gasteiger partial charge on any atom is -0.497 e. The molecule has 1 saturated heterocycles. The van der Waals surface area contributed by atoms with Crippen molar-refractivity contribution in [3.63, 3.8) is 0 Å². The molecule has 214 valence electrons. The van der Waals surface area contributed by atoms with Crippen LogP contribution in [-0.4, -0.2) is 60.9 Å². The fourth-order valence-electron chi connectivity index (χ4n) is 5.01. The summed E-state index contributed by atoms with van der Waals surface area (Å²) >= 11 is 0. The van der Waals surface area contributed by atoms with E-state index < -0.39 is 35.3 Å². The van der Waals surface area contributed by atoms with Crippen molar-refractivity contribution in [2.24, 2.45) is 0 Å². The average Bonchev–Trinajstić information content (AvgIpc) is 3.02. The van der Waals surface area contributed by atoms with Gasteiger partial charge in [-0.15, -0.1) is 0 Å². The molecule has 0 saturated carbocycles. The van der Waals surface area contributed by atoms with Crippen LogP contribution in [0.2, 0.25) is 0 Å². The molecule has 0 amide bonds. The Balaban J connectivity index is 1.59. The Labute approximate surface area is 236 Å². The van der Waals surface area contributed by atoms with Gasteiger partial charge >= 0.3 is 5.69 Å². The third-order valence-corrected chi connectivity index (χ3v) is 7.19. The maximum absolute atomic E-state index is 12.5. The molecule has 0 radical (unpaired) electrons. The van der Waals surface area contributed by atoms with E-state index in [0.29, 0.717) is 11.5 Å². The summed E-state index contributed by atoms with van der Waals surface area (Å²) < 4.78 is 31.1. The summed E-state index contributed by atoms with van der Waals surface area (Å²) in [6.07, 6.45) is 0.448. The van der Waals surface area contributed by atoms with Crippen molar-refractivity contribution in [1.29, 1.82) is 0 Å². The number of nitrogens with zero attached hydrogens (tertiary/aromatic N) is 1. The lowest BCUT2D eigenvalue weighted by atomic mass is 9.79. The summed E-state index contributed by atoms with van der Waals surface area (Å²) in [5.41, 5.74) is -1.17. The number of methoxy groups -OCH3 is 2. The summed E-state index contributed by atoms with van der Waals surface area (Å²) in [5, 5.41) is 10.6. The van der Waals surface area contributed by atoms with Gasteiger partial charge < -0.3 is 28.8 Å². The normalized spacial score (nSPS) is 19.0. The zero-order valence-electron chi connectivity index (χ0n) is 22.8. The molecule has 2 heterocycles. The van der Waals surface area contributed by atoms with Crippen molar-refractivity contribution in [1.82, 2.24) is 9.55 Å². The van der Waals surface area contributed by atoms with E-state index in [0.717, 1.165) is 16.7 Å². The average molecular weight is 561 g/mol. The van der Waals surface area contributed by atoms with Crippen molar-refractivity contribution in [3.8, 4) is 11.5 Å². The van der Waals surface area contributed by atoms with E-state index in [-0.39, 0.29) is 19.8 Å². The number of aromatic nitrogens is 2. The first-order valence-electron chi connectivity index (χ1n) is 13.1. The number of H-pyrrole nitrogens is 1. The fourth-order valence-corrected chi connectivity index (χ4v) is 5.01. The van der Waals surface area contributed by atoms with Gasteiger partial charge in [-0.05, 0) is 41.0 Å². The van der Waals surface area contributed by atoms with Crippen LogP contribution < -0.4 is 20.7 Å². The Morgan fingerprint density at radius 1 is 0.902 bits per heavy atom. The molecular weight excluding hydrogens is 528 g/mol. The third kappa shape index (κ3) is 5.68. The Morgan fingerprint density at radius 3 is 2.02 bits per heavy atom. The molecule has 3 aromatic carbocycles. The Kier molecular flexibility index (Phi) is 8.36. The number of aliphatic hydroxyl groups is 1. The summed E-state index contributed by atoms with van der Waals surface area (Å²) in [5.74, 6) is 1.38. The van der Waals surface area contributed by atoms with Gasteiger partial charge in [-0.1, -0.05) is 54.6 Å². The van der Waals surface area contributed by atoms with Crippen LogP contribution in [0.15, 0.2) is 101 Å². The Bertz CT molecular complexity index is 1500. The topological polar surface area (TPSA) is 121 Å². The smallest absolute Gasteiger partial charge is 0.330 e. The number of hydrogen-bond acceptors (Lipinski definition) is 8. The van der Waals surface area contributed by atoms with Gasteiger partial charge in [0.15, 0.2) is 6.23 Å². The van der Waals surface area contributed by atoms with E-state index in [9.17, 15) is 14.7 Å². The van der Waals surface area contributed by atoms with E-state index in [1.54, 1.807) is 14.2 Å². The van der Waals surface area contributed by atoms with Crippen LogP contribution >= 0.6 is 0 Å². The number of benzene rings is 3. The lowest BCUT2D eigenvalue weighted by Gasteiger charge is -2.43. The van der Waals surface area contributed by atoms with E-state index in [2.05, 4.69) is 4.98 Å². The predicted octanol–water partition coefficient (Wildman–Crippen LogP) is 2.84. The summed E-state index contributed by atoms with van der Waals surface area (Å²) in [4.78, 5) is 26.3. The molecule has 1 aliphatic heterocycles. The molecule has 1 aliphatic rings. The molecule has 10 heteroatoms. The van der Waals surface area contributed by atoms with Gasteiger partial charge in [0.2, 0.25) is 0 Å². The minimum absolute atomic E-state index is 0.0220. The number of hydrogen-bond donors (Lipinski definition) is 2. The molecule has 0 spiro atoms. The number of rotatable bonds is 10. The monoisotopic (exact) mass is 560 g/mol. The highest BCUT2D eigenvalue weighted by molar-refractivity contribution is 5.49.